The minimum atomic E-state index is -1.03. The Balaban J connectivity index is 2.24. The van der Waals surface area contributed by atoms with Gasteiger partial charge in [-0.15, -0.1) is 0 Å². The normalized spacial score (nSPS) is 13.1. The van der Waals surface area contributed by atoms with E-state index in [1.807, 2.05) is 0 Å². The molecule has 2 amide bonds. The van der Waals surface area contributed by atoms with Gasteiger partial charge in [-0.25, -0.2) is 9.59 Å². The van der Waals surface area contributed by atoms with Gasteiger partial charge in [-0.3, -0.25) is 19.2 Å². The molecule has 2 unspecified atom stereocenters. The van der Waals surface area contributed by atoms with E-state index in [0.717, 1.165) is 0 Å². The summed E-state index contributed by atoms with van der Waals surface area (Å²) < 4.78 is 22.0. The van der Waals surface area contributed by atoms with Crippen molar-refractivity contribution >= 4 is 57.3 Å². The van der Waals surface area contributed by atoms with Crippen LogP contribution in [-0.2, 0) is 38.1 Å². The number of rotatable bonds is 17. The van der Waals surface area contributed by atoms with E-state index in [-0.39, 0.29) is 38.5 Å². The highest BCUT2D eigenvalue weighted by Crippen LogP contribution is 2.40. The molecule has 0 fully saturated rings. The number of carbonyl (C=O) groups excluding carboxylic acids is 6. The van der Waals surface area contributed by atoms with Gasteiger partial charge in [0.2, 0.25) is 0 Å². The Morgan fingerprint density at radius 1 is 0.500 bits per heavy atom. The molecule has 0 aliphatic heterocycles. The summed E-state index contributed by atoms with van der Waals surface area (Å²) in [6.07, 6.45) is 0.987. The minimum Gasteiger partial charge on any atom is -0.460 e. The summed E-state index contributed by atoms with van der Waals surface area (Å²) in [5, 5.41) is 5.61. The van der Waals surface area contributed by atoms with Crippen LogP contribution in [0.3, 0.4) is 0 Å². The summed E-state index contributed by atoms with van der Waals surface area (Å²) >= 11 is 0. The van der Waals surface area contributed by atoms with Gasteiger partial charge < -0.3 is 29.6 Å². The van der Waals surface area contributed by atoms with Crippen molar-refractivity contribution < 1.29 is 47.7 Å². The lowest BCUT2D eigenvalue weighted by molar-refractivity contribution is -0.159. The lowest BCUT2D eigenvalue weighted by Crippen LogP contribution is -2.44. The van der Waals surface area contributed by atoms with Crippen molar-refractivity contribution in [3.8, 4) is 0 Å². The number of hydrogen-bond donors (Lipinski definition) is 2. The van der Waals surface area contributed by atoms with Gasteiger partial charge in [0.1, 0.15) is 34.5 Å². The van der Waals surface area contributed by atoms with E-state index in [0.29, 0.717) is 20.9 Å². The molecule has 2 atom stereocenters. The molecule has 0 bridgehead atoms. The summed E-state index contributed by atoms with van der Waals surface area (Å²) in [5.74, 6) is -3.08. The van der Waals surface area contributed by atoms with E-state index in [9.17, 15) is 28.8 Å². The molecular weight excluding hydrogens is 757 g/mol. The minimum absolute atomic E-state index is 0.0626. The molecule has 14 heteroatoms. The Kier molecular flexibility index (Phi) is 18.0. The molecule has 12 nitrogen and oxygen atoms in total. The van der Waals surface area contributed by atoms with Gasteiger partial charge in [0.05, 0.1) is 11.1 Å². The van der Waals surface area contributed by atoms with Gasteiger partial charge in [0, 0.05) is 22.6 Å². The van der Waals surface area contributed by atoms with E-state index in [1.165, 1.54) is 21.6 Å². The second kappa shape index (κ2) is 20.9. The Morgan fingerprint density at radius 2 is 0.804 bits per heavy atom. The average Bonchev–Trinajstić information content (AvgIpc) is 3.03. The number of hydrogen-bond acceptors (Lipinski definition) is 12. The second-order valence-corrected chi connectivity index (χ2v) is 19.4. The third-order valence-corrected chi connectivity index (χ3v) is 9.55. The maximum Gasteiger partial charge on any atom is 0.329 e. The Morgan fingerprint density at radius 3 is 1.11 bits per heavy atom. The molecule has 0 spiro atoms. The average molecular weight is 817 g/mol. The molecule has 2 rings (SSSR count). The Labute approximate surface area is 340 Å². The van der Waals surface area contributed by atoms with Gasteiger partial charge in [-0.05, 0) is 133 Å². The summed E-state index contributed by atoms with van der Waals surface area (Å²) in [6, 6.07) is 11.7. The molecule has 2 N–H and O–H groups in total. The number of nitrogens with one attached hydrogen (secondary N) is 2. The van der Waals surface area contributed by atoms with E-state index in [4.69, 9.17) is 18.9 Å². The molecule has 2 aromatic carbocycles. The largest absolute Gasteiger partial charge is 0.460 e. The quantitative estimate of drug-likeness (QED) is 0.0892. The number of esters is 4. The lowest BCUT2D eigenvalue weighted by Gasteiger charge is -2.25. The van der Waals surface area contributed by atoms with Crippen LogP contribution in [0.15, 0.2) is 58.3 Å². The molecule has 0 aliphatic carbocycles. The lowest BCUT2D eigenvalue weighted by atomic mass is 10.1. The monoisotopic (exact) mass is 816 g/mol. The van der Waals surface area contributed by atoms with Gasteiger partial charge in [0.25, 0.3) is 11.8 Å². The molecule has 0 radical (unpaired) electrons. The fourth-order valence-corrected chi connectivity index (χ4v) is 7.30. The van der Waals surface area contributed by atoms with Gasteiger partial charge in [0.15, 0.2) is 0 Å². The van der Waals surface area contributed by atoms with Crippen molar-refractivity contribution in [1.29, 1.82) is 0 Å². The van der Waals surface area contributed by atoms with E-state index >= 15 is 0 Å². The van der Waals surface area contributed by atoms with Crippen molar-refractivity contribution in [2.45, 2.75) is 166 Å². The molecule has 0 saturated heterocycles. The van der Waals surface area contributed by atoms with Crippen molar-refractivity contribution in [3.05, 3.63) is 59.7 Å². The van der Waals surface area contributed by atoms with E-state index in [2.05, 4.69) is 10.6 Å². The Hall–Kier alpha value is -4.04. The summed E-state index contributed by atoms with van der Waals surface area (Å²) in [7, 11) is 2.49. The molecule has 0 aliphatic rings. The third-order valence-electron chi connectivity index (χ3n) is 7.07. The van der Waals surface area contributed by atoms with E-state index < -0.39 is 70.2 Å². The standard InChI is InChI=1S/C42H60N2O10S2/c1-39(2,3)51-33(45)25-17-21-29(37(49)53-41(7,8)9)43-35(47)27-19-13-15-23-31(27)55-56-32-24-16-14-20-28(32)36(48)44-30(38(50)54-42(10,11)12)22-18-26-34(46)52-40(4,5)6/h13-16,19-20,23-24,29-30H,17-18,21-22,25-26H2,1-12H3,(H,43,47)(H,44,48). The number of amides is 2. The second-order valence-electron chi connectivity index (χ2n) is 17.2. The van der Waals surface area contributed by atoms with Gasteiger partial charge >= 0.3 is 23.9 Å². The first kappa shape index (κ1) is 48.1. The van der Waals surface area contributed by atoms with E-state index in [1.54, 1.807) is 132 Å². The first-order valence-corrected chi connectivity index (χ1v) is 20.9. The molecule has 0 aromatic heterocycles. The summed E-state index contributed by atoms with van der Waals surface area (Å²) in [5.41, 5.74) is -2.31. The number of benzene rings is 2. The van der Waals surface area contributed by atoms with Crippen LogP contribution in [0.25, 0.3) is 0 Å². The third kappa shape index (κ3) is 19.2. The maximum atomic E-state index is 13.7. The summed E-state index contributed by atoms with van der Waals surface area (Å²) in [6.45, 7) is 21.0. The predicted octanol–water partition coefficient (Wildman–Crippen LogP) is 8.39. The number of carbonyl (C=O) groups is 6. The highest BCUT2D eigenvalue weighted by molar-refractivity contribution is 8.76. The van der Waals surface area contributed by atoms with Crippen molar-refractivity contribution in [1.82, 2.24) is 10.6 Å². The first-order chi connectivity index (χ1) is 25.7. The zero-order valence-electron chi connectivity index (χ0n) is 34.9. The van der Waals surface area contributed by atoms with Crippen LogP contribution in [0.5, 0.6) is 0 Å². The van der Waals surface area contributed by atoms with Crippen LogP contribution in [0.1, 0.15) is 142 Å². The number of ether oxygens (including phenoxy) is 4. The van der Waals surface area contributed by atoms with Crippen LogP contribution in [0.4, 0.5) is 0 Å². The zero-order valence-corrected chi connectivity index (χ0v) is 36.5. The molecule has 0 saturated carbocycles. The van der Waals surface area contributed by atoms with Crippen LogP contribution in [0, 0.1) is 0 Å². The fraction of sp³-hybridized carbons (Fsp3) is 0.571. The highest BCUT2D eigenvalue weighted by Gasteiger charge is 2.30. The van der Waals surface area contributed by atoms with Crippen LogP contribution >= 0.6 is 21.6 Å². The maximum absolute atomic E-state index is 13.7. The Bertz CT molecular complexity index is 1560. The summed E-state index contributed by atoms with van der Waals surface area (Å²) in [4.78, 5) is 79.6. The molecule has 310 valence electrons. The van der Waals surface area contributed by atoms with Crippen LogP contribution in [0.2, 0.25) is 0 Å². The highest BCUT2D eigenvalue weighted by atomic mass is 33.1. The molecule has 56 heavy (non-hydrogen) atoms. The van der Waals surface area contributed by atoms with Crippen molar-refractivity contribution in [2.75, 3.05) is 0 Å². The van der Waals surface area contributed by atoms with Crippen molar-refractivity contribution in [3.63, 3.8) is 0 Å². The van der Waals surface area contributed by atoms with Crippen LogP contribution in [-0.4, -0.2) is 70.2 Å². The molecule has 2 aromatic rings. The molecule has 0 heterocycles. The SMILES string of the molecule is CC(C)(C)OC(=O)CCCC(NC(=O)c1ccccc1SSc1ccccc1C(=O)NC(CCCC(=O)OC(C)(C)C)C(=O)OC(C)(C)C)C(=O)OC(C)(C)C. The molecular formula is C42H60N2O10S2. The predicted molar refractivity (Wildman–Crippen MR) is 218 cm³/mol. The topological polar surface area (TPSA) is 163 Å². The fourth-order valence-electron chi connectivity index (χ4n) is 4.95. The van der Waals surface area contributed by atoms with Gasteiger partial charge in [-0.2, -0.15) is 0 Å². The van der Waals surface area contributed by atoms with Crippen molar-refractivity contribution in [2.24, 2.45) is 0 Å². The zero-order chi connectivity index (χ0) is 42.5. The first-order valence-electron chi connectivity index (χ1n) is 18.8. The smallest absolute Gasteiger partial charge is 0.329 e. The van der Waals surface area contributed by atoms with Crippen LogP contribution < -0.4 is 10.6 Å². The van der Waals surface area contributed by atoms with Gasteiger partial charge in [-0.1, -0.05) is 45.9 Å².